The smallest absolute Gasteiger partial charge is 0.159 e. The van der Waals surface area contributed by atoms with Gasteiger partial charge in [0.1, 0.15) is 0 Å². The topological polar surface area (TPSA) is 30.5 Å². The lowest BCUT2D eigenvalue weighted by molar-refractivity contribution is -0.0540. The second-order valence-electron chi connectivity index (χ2n) is 4.98. The molecule has 1 fully saturated rings. The summed E-state index contributed by atoms with van der Waals surface area (Å²) in [5, 5.41) is 3.64. The van der Waals surface area contributed by atoms with E-state index >= 15 is 0 Å². The molecule has 0 radical (unpaired) electrons. The van der Waals surface area contributed by atoms with Crippen LogP contribution in [0.15, 0.2) is 0 Å². The van der Waals surface area contributed by atoms with Crippen molar-refractivity contribution in [2.45, 2.75) is 65.2 Å². The van der Waals surface area contributed by atoms with E-state index in [0.29, 0.717) is 6.04 Å². The fourth-order valence-electron chi connectivity index (χ4n) is 2.41. The summed E-state index contributed by atoms with van der Waals surface area (Å²) in [7, 11) is 0. The Kier molecular flexibility index (Phi) is 7.82. The maximum Gasteiger partial charge on any atom is 0.159 e. The summed E-state index contributed by atoms with van der Waals surface area (Å²) in [4.78, 5) is 0. The predicted octanol–water partition coefficient (Wildman–Crippen LogP) is 2.94. The molecule has 0 spiro atoms. The predicted molar refractivity (Wildman–Crippen MR) is 71.1 cm³/mol. The van der Waals surface area contributed by atoms with Gasteiger partial charge in [0.15, 0.2) is 6.29 Å². The van der Waals surface area contributed by atoms with Crippen LogP contribution in [0, 0.1) is 5.92 Å². The molecule has 0 aromatic rings. The number of ether oxygens (including phenoxy) is 2. The molecule has 1 saturated heterocycles. The summed E-state index contributed by atoms with van der Waals surface area (Å²) in [6.45, 7) is 9.40. The van der Waals surface area contributed by atoms with Gasteiger partial charge in [0.05, 0.1) is 13.2 Å². The Morgan fingerprint density at radius 2 is 1.76 bits per heavy atom. The largest absolute Gasteiger partial charge is 0.350 e. The molecule has 17 heavy (non-hydrogen) atoms. The molecule has 0 aromatic heterocycles. The van der Waals surface area contributed by atoms with Crippen LogP contribution in [-0.4, -0.2) is 32.1 Å². The molecule has 0 aromatic carbocycles. The van der Waals surface area contributed by atoms with E-state index in [4.69, 9.17) is 9.47 Å². The Morgan fingerprint density at radius 1 is 1.12 bits per heavy atom. The first-order chi connectivity index (χ1) is 8.30. The van der Waals surface area contributed by atoms with Crippen molar-refractivity contribution in [2.24, 2.45) is 5.92 Å². The molecule has 1 aliphatic heterocycles. The number of hydrogen-bond acceptors (Lipinski definition) is 3. The molecule has 1 aliphatic rings. The second-order valence-corrected chi connectivity index (χ2v) is 4.98. The first kappa shape index (κ1) is 14.9. The maximum absolute atomic E-state index is 5.55. The molecule has 3 nitrogen and oxygen atoms in total. The van der Waals surface area contributed by atoms with Crippen LogP contribution < -0.4 is 5.32 Å². The zero-order valence-electron chi connectivity index (χ0n) is 11.7. The lowest BCUT2D eigenvalue weighted by Gasteiger charge is -2.25. The Labute approximate surface area is 106 Å². The molecule has 0 bridgehead atoms. The zero-order valence-corrected chi connectivity index (χ0v) is 11.7. The van der Waals surface area contributed by atoms with Crippen LogP contribution in [0.2, 0.25) is 0 Å². The van der Waals surface area contributed by atoms with Crippen molar-refractivity contribution in [1.82, 2.24) is 5.32 Å². The summed E-state index contributed by atoms with van der Waals surface area (Å²) in [5.74, 6) is 0.825. The molecule has 102 valence electrons. The number of rotatable bonds is 9. The molecule has 1 unspecified atom stereocenters. The van der Waals surface area contributed by atoms with Gasteiger partial charge in [-0.25, -0.2) is 0 Å². The summed E-state index contributed by atoms with van der Waals surface area (Å²) in [5.41, 5.74) is 0. The fraction of sp³-hybridized carbons (Fsp3) is 1.00. The highest BCUT2D eigenvalue weighted by Gasteiger charge is 2.22. The molecule has 1 N–H and O–H groups in total. The quantitative estimate of drug-likeness (QED) is 0.675. The van der Waals surface area contributed by atoms with Gasteiger partial charge >= 0.3 is 0 Å². The number of hydrogen-bond donors (Lipinski definition) is 1. The van der Waals surface area contributed by atoms with Gasteiger partial charge in [-0.2, -0.15) is 0 Å². The van der Waals surface area contributed by atoms with Crippen LogP contribution >= 0.6 is 0 Å². The van der Waals surface area contributed by atoms with E-state index < -0.39 is 0 Å². The van der Waals surface area contributed by atoms with E-state index in [-0.39, 0.29) is 6.29 Å². The highest BCUT2D eigenvalue weighted by Crippen LogP contribution is 2.20. The summed E-state index contributed by atoms with van der Waals surface area (Å²) >= 11 is 0. The van der Waals surface area contributed by atoms with Gasteiger partial charge in [-0.15, -0.1) is 0 Å². The van der Waals surface area contributed by atoms with Crippen LogP contribution in [0.25, 0.3) is 0 Å². The first-order valence-electron chi connectivity index (χ1n) is 7.26. The van der Waals surface area contributed by atoms with Crippen LogP contribution in [0.1, 0.15) is 52.9 Å². The van der Waals surface area contributed by atoms with Crippen LogP contribution in [0.3, 0.4) is 0 Å². The van der Waals surface area contributed by atoms with Gasteiger partial charge in [-0.1, -0.05) is 33.6 Å². The SMILES string of the molecule is CCCNC(CC(CC)CC)CC1OCCO1. The van der Waals surface area contributed by atoms with Gasteiger partial charge < -0.3 is 14.8 Å². The van der Waals surface area contributed by atoms with E-state index in [0.717, 1.165) is 32.1 Å². The van der Waals surface area contributed by atoms with E-state index in [2.05, 4.69) is 26.1 Å². The van der Waals surface area contributed by atoms with Gasteiger partial charge in [-0.3, -0.25) is 0 Å². The monoisotopic (exact) mass is 243 g/mol. The molecule has 1 heterocycles. The van der Waals surface area contributed by atoms with Crippen LogP contribution in [-0.2, 0) is 9.47 Å². The van der Waals surface area contributed by atoms with E-state index in [9.17, 15) is 0 Å². The minimum Gasteiger partial charge on any atom is -0.350 e. The molecular formula is C14H29NO2. The number of nitrogens with one attached hydrogen (secondary N) is 1. The Hall–Kier alpha value is -0.120. The van der Waals surface area contributed by atoms with Crippen LogP contribution in [0.5, 0.6) is 0 Å². The molecule has 1 atom stereocenters. The van der Waals surface area contributed by atoms with Crippen molar-refractivity contribution in [3.05, 3.63) is 0 Å². The summed E-state index contributed by atoms with van der Waals surface area (Å²) in [6.07, 6.45) is 6.00. The third kappa shape index (κ3) is 5.84. The van der Waals surface area contributed by atoms with Gasteiger partial charge in [-0.05, 0) is 25.3 Å². The summed E-state index contributed by atoms with van der Waals surface area (Å²) < 4.78 is 11.1. The minimum absolute atomic E-state index is 0.0266. The van der Waals surface area contributed by atoms with Crippen molar-refractivity contribution >= 4 is 0 Å². The highest BCUT2D eigenvalue weighted by atomic mass is 16.7. The molecule has 0 amide bonds. The van der Waals surface area contributed by atoms with Crippen LogP contribution in [0.4, 0.5) is 0 Å². The minimum atomic E-state index is 0.0266. The summed E-state index contributed by atoms with van der Waals surface area (Å²) in [6, 6.07) is 0.544. The Morgan fingerprint density at radius 3 is 2.29 bits per heavy atom. The average Bonchev–Trinajstić information content (AvgIpc) is 2.85. The van der Waals surface area contributed by atoms with Crippen molar-refractivity contribution in [2.75, 3.05) is 19.8 Å². The molecular weight excluding hydrogens is 214 g/mol. The highest BCUT2D eigenvalue weighted by molar-refractivity contribution is 4.73. The Bertz CT molecular complexity index is 173. The van der Waals surface area contributed by atoms with Gasteiger partial charge in [0.2, 0.25) is 0 Å². The molecule has 0 aliphatic carbocycles. The van der Waals surface area contributed by atoms with Crippen molar-refractivity contribution < 1.29 is 9.47 Å². The van der Waals surface area contributed by atoms with Crippen molar-refractivity contribution in [3.63, 3.8) is 0 Å². The molecule has 1 rings (SSSR count). The third-order valence-corrected chi connectivity index (χ3v) is 3.62. The Balaban J connectivity index is 2.34. The van der Waals surface area contributed by atoms with E-state index in [1.54, 1.807) is 0 Å². The fourth-order valence-corrected chi connectivity index (χ4v) is 2.41. The standard InChI is InChI=1S/C14H29NO2/c1-4-7-15-13(10-12(5-2)6-3)11-14-16-8-9-17-14/h12-15H,4-11H2,1-3H3. The van der Waals surface area contributed by atoms with Gasteiger partial charge in [0.25, 0.3) is 0 Å². The lowest BCUT2D eigenvalue weighted by atomic mass is 9.93. The molecule has 3 heteroatoms. The van der Waals surface area contributed by atoms with E-state index in [1.165, 1.54) is 25.7 Å². The first-order valence-corrected chi connectivity index (χ1v) is 7.26. The van der Waals surface area contributed by atoms with E-state index in [1.807, 2.05) is 0 Å². The van der Waals surface area contributed by atoms with Crippen molar-refractivity contribution in [1.29, 1.82) is 0 Å². The third-order valence-electron chi connectivity index (χ3n) is 3.62. The normalized spacial score (nSPS) is 19.1. The molecule has 0 saturated carbocycles. The second kappa shape index (κ2) is 8.90. The van der Waals surface area contributed by atoms with Crippen molar-refractivity contribution in [3.8, 4) is 0 Å². The average molecular weight is 243 g/mol. The lowest BCUT2D eigenvalue weighted by Crippen LogP contribution is -2.35. The van der Waals surface area contributed by atoms with Gasteiger partial charge in [0, 0.05) is 12.5 Å². The zero-order chi connectivity index (χ0) is 12.5. The maximum atomic E-state index is 5.55.